The number of rotatable bonds is 8. The average Bonchev–Trinajstić information content (AvgIpc) is 3.47. The number of nitrogens with zero attached hydrogens (tertiary/aromatic N) is 1. The molecule has 1 aromatic heterocycles. The Labute approximate surface area is 196 Å². The second-order valence-corrected chi connectivity index (χ2v) is 8.63. The highest BCUT2D eigenvalue weighted by Gasteiger charge is 2.37. The molecule has 0 saturated carbocycles. The van der Waals surface area contributed by atoms with Crippen LogP contribution in [0.25, 0.3) is 10.9 Å². The summed E-state index contributed by atoms with van der Waals surface area (Å²) in [5.41, 5.74) is 8.62. The van der Waals surface area contributed by atoms with E-state index in [-0.39, 0.29) is 24.5 Å². The number of carboxylic acid groups (broad SMARTS) is 1. The summed E-state index contributed by atoms with van der Waals surface area (Å²) in [6.45, 7) is 0.389. The van der Waals surface area contributed by atoms with Gasteiger partial charge in [0.05, 0.1) is 6.04 Å². The lowest BCUT2D eigenvalue weighted by Crippen LogP contribution is -2.54. The molecule has 4 rings (SSSR count). The van der Waals surface area contributed by atoms with Gasteiger partial charge in [0.1, 0.15) is 17.8 Å². The van der Waals surface area contributed by atoms with Crippen LogP contribution in [-0.2, 0) is 27.2 Å². The van der Waals surface area contributed by atoms with E-state index in [0.29, 0.717) is 19.4 Å². The molecule has 0 bridgehead atoms. The zero-order valence-corrected chi connectivity index (χ0v) is 18.6. The number of likely N-dealkylation sites (tertiary alicyclic amines) is 1. The Morgan fingerprint density at radius 3 is 2.59 bits per heavy atom. The first-order valence-corrected chi connectivity index (χ1v) is 11.3. The third-order valence-electron chi connectivity index (χ3n) is 6.26. The van der Waals surface area contributed by atoms with Crippen molar-refractivity contribution in [1.29, 1.82) is 0 Å². The molecule has 1 aliphatic rings. The van der Waals surface area contributed by atoms with Crippen LogP contribution in [-0.4, -0.2) is 62.6 Å². The number of H-pyrrole nitrogens is 1. The maximum absolute atomic E-state index is 13.0. The number of phenols is 1. The van der Waals surface area contributed by atoms with Crippen LogP contribution < -0.4 is 11.1 Å². The summed E-state index contributed by atoms with van der Waals surface area (Å²) in [6, 6.07) is 11.3. The Balaban J connectivity index is 1.42. The Morgan fingerprint density at radius 2 is 1.85 bits per heavy atom. The molecule has 0 aliphatic carbocycles. The molecule has 2 heterocycles. The number of aromatic nitrogens is 1. The van der Waals surface area contributed by atoms with Crippen LogP contribution in [0, 0.1) is 0 Å². The number of aromatic hydroxyl groups is 1. The second-order valence-electron chi connectivity index (χ2n) is 8.63. The number of fused-ring (bicyclic) bond motifs is 1. The first kappa shape index (κ1) is 23.3. The van der Waals surface area contributed by atoms with E-state index in [1.165, 1.54) is 17.0 Å². The highest BCUT2D eigenvalue weighted by atomic mass is 16.4. The lowest BCUT2D eigenvalue weighted by atomic mass is 10.0. The molecule has 9 heteroatoms. The van der Waals surface area contributed by atoms with E-state index in [4.69, 9.17) is 5.73 Å². The average molecular weight is 465 g/mol. The Kier molecular flexibility index (Phi) is 6.83. The van der Waals surface area contributed by atoms with Crippen LogP contribution in [0.4, 0.5) is 0 Å². The minimum Gasteiger partial charge on any atom is -0.508 e. The molecule has 0 radical (unpaired) electrons. The number of aromatic amines is 1. The van der Waals surface area contributed by atoms with Crippen molar-refractivity contribution in [2.24, 2.45) is 5.73 Å². The van der Waals surface area contributed by atoms with Gasteiger partial charge in [0.25, 0.3) is 0 Å². The van der Waals surface area contributed by atoms with Gasteiger partial charge in [-0.15, -0.1) is 0 Å². The summed E-state index contributed by atoms with van der Waals surface area (Å²) in [5.74, 6) is -1.86. The van der Waals surface area contributed by atoms with Crippen molar-refractivity contribution in [2.75, 3.05) is 6.54 Å². The van der Waals surface area contributed by atoms with Gasteiger partial charge in [-0.3, -0.25) is 9.59 Å². The van der Waals surface area contributed by atoms with Gasteiger partial charge < -0.3 is 31.1 Å². The Hall–Kier alpha value is -3.85. The summed E-state index contributed by atoms with van der Waals surface area (Å²) in [4.78, 5) is 42.5. The van der Waals surface area contributed by atoms with Gasteiger partial charge in [0, 0.05) is 30.1 Å². The van der Waals surface area contributed by atoms with Crippen LogP contribution in [0.1, 0.15) is 24.0 Å². The third-order valence-corrected chi connectivity index (χ3v) is 6.26. The molecule has 0 spiro atoms. The van der Waals surface area contributed by atoms with Crippen molar-refractivity contribution >= 4 is 28.7 Å². The molecule has 3 aromatic rings. The standard InChI is InChI=1S/C25H28N4O5/c26-19(12-15-7-9-17(30)10-8-15)24(32)29-11-3-6-22(29)23(31)28-21(25(33)34)13-16-14-27-20-5-2-1-4-18(16)20/h1-2,4-5,7-10,14,19,21-22,27,30H,3,6,11-13,26H2,(H,28,31)(H,33,34)/t19-,21-,22-/m0/s1. The molecule has 9 nitrogen and oxygen atoms in total. The summed E-state index contributed by atoms with van der Waals surface area (Å²) in [6.07, 6.45) is 3.22. The fraction of sp³-hybridized carbons (Fsp3) is 0.320. The fourth-order valence-electron chi connectivity index (χ4n) is 4.48. The van der Waals surface area contributed by atoms with Crippen LogP contribution >= 0.6 is 0 Å². The molecule has 2 aromatic carbocycles. The van der Waals surface area contributed by atoms with E-state index in [1.54, 1.807) is 18.3 Å². The zero-order valence-electron chi connectivity index (χ0n) is 18.6. The molecule has 178 valence electrons. The number of hydrogen-bond donors (Lipinski definition) is 5. The van der Waals surface area contributed by atoms with Gasteiger partial charge in [0.15, 0.2) is 0 Å². The molecule has 6 N–H and O–H groups in total. The number of carbonyl (C=O) groups is 3. The number of aliphatic carboxylic acids is 1. The number of para-hydroxylation sites is 1. The topological polar surface area (TPSA) is 149 Å². The number of nitrogens with one attached hydrogen (secondary N) is 2. The van der Waals surface area contributed by atoms with Crippen LogP contribution in [0.5, 0.6) is 5.75 Å². The number of hydrogen-bond acceptors (Lipinski definition) is 5. The first-order valence-electron chi connectivity index (χ1n) is 11.3. The predicted molar refractivity (Wildman–Crippen MR) is 126 cm³/mol. The van der Waals surface area contributed by atoms with Crippen LogP contribution in [0.15, 0.2) is 54.7 Å². The Bertz CT molecular complexity index is 1190. The smallest absolute Gasteiger partial charge is 0.326 e. The van der Waals surface area contributed by atoms with Gasteiger partial charge >= 0.3 is 5.97 Å². The minimum absolute atomic E-state index is 0.117. The van der Waals surface area contributed by atoms with Crippen molar-refractivity contribution in [1.82, 2.24) is 15.2 Å². The van der Waals surface area contributed by atoms with Gasteiger partial charge in [0.2, 0.25) is 11.8 Å². The molecule has 1 fully saturated rings. The summed E-state index contributed by atoms with van der Waals surface area (Å²) in [7, 11) is 0. The molecular formula is C25H28N4O5. The Morgan fingerprint density at radius 1 is 1.12 bits per heavy atom. The number of phenolic OH excluding ortho intramolecular Hbond substituents is 1. The molecule has 2 amide bonds. The number of carbonyl (C=O) groups excluding carboxylic acids is 2. The molecule has 1 saturated heterocycles. The normalized spacial score (nSPS) is 17.4. The lowest BCUT2D eigenvalue weighted by Gasteiger charge is -2.28. The van der Waals surface area contributed by atoms with Crippen molar-refractivity contribution in [3.63, 3.8) is 0 Å². The van der Waals surface area contributed by atoms with Crippen molar-refractivity contribution in [3.05, 3.63) is 65.9 Å². The summed E-state index contributed by atoms with van der Waals surface area (Å²) >= 11 is 0. The highest BCUT2D eigenvalue weighted by molar-refractivity contribution is 5.93. The number of amides is 2. The summed E-state index contributed by atoms with van der Waals surface area (Å²) in [5, 5.41) is 22.7. The minimum atomic E-state index is -1.14. The van der Waals surface area contributed by atoms with E-state index in [2.05, 4.69) is 10.3 Å². The van der Waals surface area contributed by atoms with Gasteiger partial charge in [-0.05, 0) is 48.6 Å². The van der Waals surface area contributed by atoms with Gasteiger partial charge in [-0.1, -0.05) is 30.3 Å². The quantitative estimate of drug-likeness (QED) is 0.341. The van der Waals surface area contributed by atoms with Crippen molar-refractivity contribution in [3.8, 4) is 5.75 Å². The van der Waals surface area contributed by atoms with Gasteiger partial charge in [-0.25, -0.2) is 4.79 Å². The van der Waals surface area contributed by atoms with Crippen LogP contribution in [0.2, 0.25) is 0 Å². The van der Waals surface area contributed by atoms with E-state index in [9.17, 15) is 24.6 Å². The lowest BCUT2D eigenvalue weighted by molar-refractivity contribution is -0.144. The van der Waals surface area contributed by atoms with E-state index < -0.39 is 30.0 Å². The molecule has 34 heavy (non-hydrogen) atoms. The number of nitrogens with two attached hydrogens (primary N) is 1. The van der Waals surface area contributed by atoms with Gasteiger partial charge in [-0.2, -0.15) is 0 Å². The third kappa shape index (κ3) is 5.04. The SMILES string of the molecule is N[C@@H](Cc1ccc(O)cc1)C(=O)N1CCC[C@H]1C(=O)N[C@@H](Cc1c[nH]c2ccccc12)C(=O)O. The molecule has 3 atom stereocenters. The fourth-order valence-corrected chi connectivity index (χ4v) is 4.48. The highest BCUT2D eigenvalue weighted by Crippen LogP contribution is 2.22. The largest absolute Gasteiger partial charge is 0.508 e. The molecule has 1 aliphatic heterocycles. The summed E-state index contributed by atoms with van der Waals surface area (Å²) < 4.78 is 0. The number of carboxylic acids is 1. The van der Waals surface area contributed by atoms with E-state index in [0.717, 1.165) is 22.0 Å². The predicted octanol–water partition coefficient (Wildman–Crippen LogP) is 1.55. The van der Waals surface area contributed by atoms with Crippen molar-refractivity contribution in [2.45, 2.75) is 43.8 Å². The molecule has 0 unspecified atom stereocenters. The monoisotopic (exact) mass is 464 g/mol. The van der Waals surface area contributed by atoms with E-state index >= 15 is 0 Å². The zero-order chi connectivity index (χ0) is 24.2. The van der Waals surface area contributed by atoms with Crippen molar-refractivity contribution < 1.29 is 24.6 Å². The second kappa shape index (κ2) is 9.96. The van der Waals surface area contributed by atoms with E-state index in [1.807, 2.05) is 24.3 Å². The maximum Gasteiger partial charge on any atom is 0.326 e. The molecular weight excluding hydrogens is 436 g/mol. The number of benzene rings is 2. The maximum atomic E-state index is 13.0. The van der Waals surface area contributed by atoms with Crippen LogP contribution in [0.3, 0.4) is 0 Å². The first-order chi connectivity index (χ1) is 16.3.